The van der Waals surface area contributed by atoms with Gasteiger partial charge in [-0.1, -0.05) is 0 Å². The zero-order chi connectivity index (χ0) is 17.1. The molecule has 0 amide bonds. The van der Waals surface area contributed by atoms with Crippen LogP contribution in [0.2, 0.25) is 0 Å². The second-order valence-corrected chi connectivity index (χ2v) is 8.99. The summed E-state index contributed by atoms with van der Waals surface area (Å²) in [5.41, 5.74) is 2.21. The summed E-state index contributed by atoms with van der Waals surface area (Å²) in [6, 6.07) is 3.49. The molecule has 0 bridgehead atoms. The van der Waals surface area contributed by atoms with Crippen molar-refractivity contribution in [3.05, 3.63) is 34.6 Å². The molecule has 1 atom stereocenters. The van der Waals surface area contributed by atoms with Crippen molar-refractivity contribution < 1.29 is 22.7 Å². The Kier molecular flexibility index (Phi) is 3.47. The predicted molar refractivity (Wildman–Crippen MR) is 87.9 cm³/mol. The lowest BCUT2D eigenvalue weighted by Crippen LogP contribution is -2.41. The summed E-state index contributed by atoms with van der Waals surface area (Å²) in [4.78, 5) is 14.4. The van der Waals surface area contributed by atoms with Gasteiger partial charge in [-0.15, -0.1) is 0 Å². The van der Waals surface area contributed by atoms with E-state index in [0.717, 1.165) is 11.1 Å². The standard InChI is InChI=1S/C17H19NO5S/c1-10(2)16-15(19)12-3-4-14-13(17(12)23-16)7-18(9-22-14)11-5-6-24(20,21)8-11/h3-4,11H,5-9H2,1-2H3. The summed E-state index contributed by atoms with van der Waals surface area (Å²) < 4.78 is 35.1. The van der Waals surface area contributed by atoms with Crippen LogP contribution in [-0.2, 0) is 16.4 Å². The molecular formula is C17H19NO5S. The van der Waals surface area contributed by atoms with Gasteiger partial charge in [0, 0.05) is 12.6 Å². The maximum atomic E-state index is 12.4. The first-order valence-corrected chi connectivity index (χ1v) is 9.81. The lowest BCUT2D eigenvalue weighted by atomic mass is 10.0. The Balaban J connectivity index is 1.68. The highest BCUT2D eigenvalue weighted by molar-refractivity contribution is 7.91. The van der Waals surface area contributed by atoms with Crippen LogP contribution in [0, 0.1) is 0 Å². The number of hydrogen-bond acceptors (Lipinski definition) is 6. The number of sulfone groups is 1. The smallest absolute Gasteiger partial charge is 0.231 e. The van der Waals surface area contributed by atoms with Crippen molar-refractivity contribution in [3.8, 4) is 11.5 Å². The summed E-state index contributed by atoms with van der Waals surface area (Å²) in [6.45, 7) is 4.58. The van der Waals surface area contributed by atoms with Crippen molar-refractivity contribution in [1.82, 2.24) is 4.90 Å². The fraction of sp³-hybridized carbons (Fsp3) is 0.471. The van der Waals surface area contributed by atoms with E-state index in [1.807, 2.05) is 18.7 Å². The monoisotopic (exact) mass is 349 g/mol. The minimum Gasteiger partial charge on any atom is -0.478 e. The first kappa shape index (κ1) is 15.7. The van der Waals surface area contributed by atoms with Crippen LogP contribution in [0.4, 0.5) is 0 Å². The van der Waals surface area contributed by atoms with Crippen LogP contribution in [0.3, 0.4) is 0 Å². The van der Waals surface area contributed by atoms with Crippen LogP contribution in [0.1, 0.15) is 36.2 Å². The molecule has 1 fully saturated rings. The molecule has 0 saturated carbocycles. The highest BCUT2D eigenvalue weighted by atomic mass is 32.2. The van der Waals surface area contributed by atoms with Crippen LogP contribution < -0.4 is 9.47 Å². The molecule has 0 aromatic heterocycles. The number of allylic oxidation sites excluding steroid dienone is 2. The fourth-order valence-electron chi connectivity index (χ4n) is 3.49. The average molecular weight is 349 g/mol. The molecule has 0 spiro atoms. The van der Waals surface area contributed by atoms with Crippen LogP contribution in [0.5, 0.6) is 11.5 Å². The Hall–Kier alpha value is -1.86. The van der Waals surface area contributed by atoms with Gasteiger partial charge in [-0.05, 0) is 38.0 Å². The van der Waals surface area contributed by atoms with Crippen LogP contribution in [0.15, 0.2) is 23.5 Å². The van der Waals surface area contributed by atoms with E-state index in [2.05, 4.69) is 0 Å². The molecule has 3 heterocycles. The number of ether oxygens (including phenoxy) is 2. The van der Waals surface area contributed by atoms with E-state index in [-0.39, 0.29) is 23.3 Å². The Morgan fingerprint density at radius 2 is 2.08 bits per heavy atom. The van der Waals surface area contributed by atoms with Gasteiger partial charge in [-0.2, -0.15) is 0 Å². The fourth-order valence-corrected chi connectivity index (χ4v) is 5.25. The molecule has 1 aromatic carbocycles. The van der Waals surface area contributed by atoms with Gasteiger partial charge in [-0.3, -0.25) is 9.69 Å². The summed E-state index contributed by atoms with van der Waals surface area (Å²) >= 11 is 0. The molecule has 6 nitrogen and oxygen atoms in total. The maximum absolute atomic E-state index is 12.4. The molecule has 128 valence electrons. The third kappa shape index (κ3) is 2.43. The summed E-state index contributed by atoms with van der Waals surface area (Å²) in [5.74, 6) is 1.92. The van der Waals surface area contributed by atoms with Gasteiger partial charge in [-0.25, -0.2) is 8.42 Å². The minimum absolute atomic E-state index is 0.0426. The van der Waals surface area contributed by atoms with Gasteiger partial charge in [0.1, 0.15) is 18.2 Å². The quantitative estimate of drug-likeness (QED) is 0.721. The maximum Gasteiger partial charge on any atom is 0.231 e. The molecule has 3 aliphatic heterocycles. The summed E-state index contributed by atoms with van der Waals surface area (Å²) in [6.07, 6.45) is 0.620. The van der Waals surface area contributed by atoms with Crippen LogP contribution in [0.25, 0.3) is 0 Å². The lowest BCUT2D eigenvalue weighted by Gasteiger charge is -2.33. The second-order valence-electron chi connectivity index (χ2n) is 6.76. The SMILES string of the molecule is CC(C)=C1Oc2c(ccc3c2CN(C2CCS(=O)(=O)C2)CO3)C1=O. The minimum atomic E-state index is -2.95. The third-order valence-corrected chi connectivity index (χ3v) is 6.55. The van der Waals surface area contributed by atoms with Crippen molar-refractivity contribution in [2.75, 3.05) is 18.2 Å². The molecule has 7 heteroatoms. The van der Waals surface area contributed by atoms with Gasteiger partial charge < -0.3 is 9.47 Å². The molecule has 1 unspecified atom stereocenters. The Morgan fingerprint density at radius 3 is 2.75 bits per heavy atom. The number of rotatable bonds is 1. The van der Waals surface area contributed by atoms with Gasteiger partial charge >= 0.3 is 0 Å². The van der Waals surface area contributed by atoms with Crippen molar-refractivity contribution in [3.63, 3.8) is 0 Å². The molecule has 0 N–H and O–H groups in total. The Bertz CT molecular complexity index is 867. The number of nitrogens with zero attached hydrogens (tertiary/aromatic N) is 1. The van der Waals surface area contributed by atoms with Gasteiger partial charge in [0.25, 0.3) is 0 Å². The molecule has 0 radical (unpaired) electrons. The summed E-state index contributed by atoms with van der Waals surface area (Å²) in [7, 11) is -2.95. The topological polar surface area (TPSA) is 72.9 Å². The number of Topliss-reactive ketones (excluding diaryl/α,β-unsaturated/α-hetero) is 1. The normalized spacial score (nSPS) is 25.0. The molecule has 4 rings (SSSR count). The van der Waals surface area contributed by atoms with E-state index >= 15 is 0 Å². The molecule has 24 heavy (non-hydrogen) atoms. The summed E-state index contributed by atoms with van der Waals surface area (Å²) in [5, 5.41) is 0. The van der Waals surface area contributed by atoms with E-state index in [4.69, 9.17) is 9.47 Å². The number of carbonyl (C=O) groups is 1. The van der Waals surface area contributed by atoms with E-state index < -0.39 is 9.84 Å². The highest BCUT2D eigenvalue weighted by Crippen LogP contribution is 2.42. The third-order valence-electron chi connectivity index (χ3n) is 4.80. The lowest BCUT2D eigenvalue weighted by molar-refractivity contribution is 0.0634. The average Bonchev–Trinajstić information content (AvgIpc) is 3.07. The number of carbonyl (C=O) groups excluding carboxylic acids is 1. The predicted octanol–water partition coefficient (Wildman–Crippen LogP) is 1.89. The first-order chi connectivity index (χ1) is 11.4. The van der Waals surface area contributed by atoms with Crippen molar-refractivity contribution in [2.45, 2.75) is 32.9 Å². The largest absolute Gasteiger partial charge is 0.478 e. The van der Waals surface area contributed by atoms with E-state index in [0.29, 0.717) is 42.5 Å². The van der Waals surface area contributed by atoms with Gasteiger partial charge in [0.15, 0.2) is 15.6 Å². The van der Waals surface area contributed by atoms with Crippen LogP contribution in [-0.4, -0.2) is 43.4 Å². The molecule has 1 aromatic rings. The van der Waals surface area contributed by atoms with Gasteiger partial charge in [0.2, 0.25) is 5.78 Å². The second kappa shape index (κ2) is 5.32. The number of fused-ring (bicyclic) bond motifs is 3. The Labute approximate surface area is 141 Å². The highest BCUT2D eigenvalue weighted by Gasteiger charge is 2.38. The zero-order valence-electron chi connectivity index (χ0n) is 13.7. The molecular weight excluding hydrogens is 330 g/mol. The van der Waals surface area contributed by atoms with Crippen LogP contribution >= 0.6 is 0 Å². The first-order valence-electron chi connectivity index (χ1n) is 7.99. The van der Waals surface area contributed by atoms with E-state index in [9.17, 15) is 13.2 Å². The number of ketones is 1. The van der Waals surface area contributed by atoms with Crippen molar-refractivity contribution in [1.29, 1.82) is 0 Å². The Morgan fingerprint density at radius 1 is 1.29 bits per heavy atom. The van der Waals surface area contributed by atoms with Crippen molar-refractivity contribution >= 4 is 15.6 Å². The number of hydrogen-bond donors (Lipinski definition) is 0. The van der Waals surface area contributed by atoms with Gasteiger partial charge in [0.05, 0.1) is 22.6 Å². The molecule has 3 aliphatic rings. The van der Waals surface area contributed by atoms with E-state index in [1.165, 1.54) is 0 Å². The molecule has 1 saturated heterocycles. The van der Waals surface area contributed by atoms with E-state index in [1.54, 1.807) is 12.1 Å². The molecule has 0 aliphatic carbocycles. The number of benzene rings is 1. The zero-order valence-corrected chi connectivity index (χ0v) is 14.5. The van der Waals surface area contributed by atoms with Crippen molar-refractivity contribution in [2.24, 2.45) is 0 Å².